The lowest BCUT2D eigenvalue weighted by atomic mass is 10.00. The van der Waals surface area contributed by atoms with Crippen molar-refractivity contribution < 1.29 is 104 Å². The summed E-state index contributed by atoms with van der Waals surface area (Å²) >= 11 is 0. The Labute approximate surface area is 366 Å². The van der Waals surface area contributed by atoms with Gasteiger partial charge >= 0.3 is 5.97 Å². The molecule has 22 heteroatoms. The average Bonchev–Trinajstić information content (AvgIpc) is 3.27. The summed E-state index contributed by atoms with van der Waals surface area (Å²) in [5.41, 5.74) is -1.07. The molecule has 0 bridgehead atoms. The van der Waals surface area contributed by atoms with E-state index in [9.17, 15) is 70.9 Å². The van der Waals surface area contributed by atoms with Crippen LogP contribution in [-0.2, 0) is 28.5 Å². The van der Waals surface area contributed by atoms with Crippen LogP contribution in [0, 0.1) is 0 Å². The van der Waals surface area contributed by atoms with Gasteiger partial charge in [0.1, 0.15) is 78.1 Å². The highest BCUT2D eigenvalue weighted by molar-refractivity contribution is 5.88. The molecule has 4 heterocycles. The number of fused-ring (bicyclic) bond motifs is 1. The van der Waals surface area contributed by atoms with Gasteiger partial charge in [-0.3, -0.25) is 4.79 Å². The molecule has 12 N–H and O–H groups in total. The number of aromatic hydroxyl groups is 4. The van der Waals surface area contributed by atoms with Gasteiger partial charge in [0, 0.05) is 23.8 Å². The minimum atomic E-state index is -2.01. The Kier molecular flexibility index (Phi) is 13.3. The zero-order chi connectivity index (χ0) is 47.0. The first-order chi connectivity index (χ1) is 30.8. The van der Waals surface area contributed by atoms with Gasteiger partial charge in [-0.2, -0.15) is 0 Å². The van der Waals surface area contributed by atoms with E-state index in [1.165, 1.54) is 56.3 Å². The van der Waals surface area contributed by atoms with Crippen molar-refractivity contribution in [1.29, 1.82) is 0 Å². The maximum atomic E-state index is 14.5. The number of benzene rings is 3. The van der Waals surface area contributed by atoms with Crippen molar-refractivity contribution in [1.82, 2.24) is 0 Å². The summed E-state index contributed by atoms with van der Waals surface area (Å²) in [4.78, 5) is 27.2. The molecule has 0 saturated carbocycles. The zero-order valence-corrected chi connectivity index (χ0v) is 34.1. The summed E-state index contributed by atoms with van der Waals surface area (Å²) in [6, 6.07) is 10.9. The minimum Gasteiger partial charge on any atom is -0.508 e. The molecule has 1 saturated heterocycles. The number of hydrogen-bond acceptors (Lipinski definition) is 22. The number of carbonyl (C=O) groups is 1. The van der Waals surface area contributed by atoms with E-state index in [0.717, 1.165) is 24.3 Å². The molecule has 0 aliphatic carbocycles. The van der Waals surface area contributed by atoms with Gasteiger partial charge in [0.25, 0.3) is 0 Å². The lowest BCUT2D eigenvalue weighted by Crippen LogP contribution is -2.58. The highest BCUT2D eigenvalue weighted by Crippen LogP contribution is 2.39. The Morgan fingerprint density at radius 1 is 0.723 bits per heavy atom. The van der Waals surface area contributed by atoms with Crippen LogP contribution in [0.25, 0.3) is 28.4 Å². The third-order valence-electron chi connectivity index (χ3n) is 10.6. The number of phenols is 4. The minimum absolute atomic E-state index is 0.0712. The lowest BCUT2D eigenvalue weighted by molar-refractivity contribution is -0.268. The fourth-order valence-electron chi connectivity index (χ4n) is 6.93. The molecule has 65 heavy (non-hydrogen) atoms. The van der Waals surface area contributed by atoms with Gasteiger partial charge in [0.15, 0.2) is 52.5 Å². The highest BCUT2D eigenvalue weighted by atomic mass is 16.7. The molecule has 0 amide bonds. The van der Waals surface area contributed by atoms with Crippen LogP contribution in [0.3, 0.4) is 0 Å². The fraction of sp³-hybridized carbons (Fsp3) is 0.349. The maximum absolute atomic E-state index is 14.5. The number of carbonyl (C=O) groups excluding carboxylic acids is 1. The second-order valence-electron chi connectivity index (χ2n) is 15.1. The second-order valence-corrected chi connectivity index (χ2v) is 15.1. The number of esters is 1. The summed E-state index contributed by atoms with van der Waals surface area (Å²) in [6.45, 7) is 1.21. The fourth-order valence-corrected chi connectivity index (χ4v) is 6.93. The Hall–Kier alpha value is -6.76. The molecular weight excluding hydrogens is 868 g/mol. The largest absolute Gasteiger partial charge is 0.508 e. The molecule has 3 aromatic carbocycles. The van der Waals surface area contributed by atoms with E-state index >= 15 is 0 Å². The molecule has 0 radical (unpaired) electrons. The second kappa shape index (κ2) is 18.8. The predicted octanol–water partition coefficient (Wildman–Crippen LogP) is 1.47. The van der Waals surface area contributed by atoms with E-state index in [-0.39, 0.29) is 22.6 Å². The van der Waals surface area contributed by atoms with E-state index in [2.05, 4.69) is 0 Å². The molecule has 1 fully saturated rings. The van der Waals surface area contributed by atoms with E-state index in [0.29, 0.717) is 5.56 Å². The molecule has 7 unspecified atom stereocenters. The van der Waals surface area contributed by atoms with Crippen molar-refractivity contribution >= 4 is 23.0 Å². The lowest BCUT2D eigenvalue weighted by Gasteiger charge is -2.38. The molecule has 11 atom stereocenters. The van der Waals surface area contributed by atoms with Crippen LogP contribution in [0.4, 0.5) is 0 Å². The van der Waals surface area contributed by atoms with Gasteiger partial charge in [-0.15, -0.1) is 0 Å². The summed E-state index contributed by atoms with van der Waals surface area (Å²) in [5, 5.41) is 125. The highest BCUT2D eigenvalue weighted by Gasteiger charge is 2.45. The molecular formula is C43H44O22. The van der Waals surface area contributed by atoms with Crippen LogP contribution in [0.5, 0.6) is 34.5 Å². The molecule has 0 spiro atoms. The molecule has 3 aliphatic heterocycles. The third kappa shape index (κ3) is 9.55. The van der Waals surface area contributed by atoms with E-state index < -0.39 is 149 Å². The van der Waals surface area contributed by atoms with Crippen molar-refractivity contribution in [2.45, 2.75) is 81.4 Å². The summed E-state index contributed by atoms with van der Waals surface area (Å²) in [7, 11) is 0. The van der Waals surface area contributed by atoms with Gasteiger partial charge < -0.3 is 98.9 Å². The van der Waals surface area contributed by atoms with Crippen LogP contribution in [0.1, 0.15) is 19.4 Å². The summed E-state index contributed by atoms with van der Waals surface area (Å²) in [5.74, 6) is -7.35. The summed E-state index contributed by atoms with van der Waals surface area (Å²) in [6.07, 6.45) is -15.3. The van der Waals surface area contributed by atoms with Crippen LogP contribution in [-0.4, -0.2) is 148 Å². The number of ether oxygens (including phenoxy) is 7. The maximum Gasteiger partial charge on any atom is 0.330 e. The number of rotatable bonds is 12. The topological polar surface area (TPSA) is 355 Å². The molecule has 7 rings (SSSR count). The van der Waals surface area contributed by atoms with Crippen LogP contribution in [0.15, 0.2) is 92.9 Å². The summed E-state index contributed by atoms with van der Waals surface area (Å²) < 4.78 is 45.9. The first-order valence-electron chi connectivity index (χ1n) is 19.7. The normalized spacial score (nSPS) is 28.3. The first-order valence-corrected chi connectivity index (χ1v) is 19.7. The third-order valence-corrected chi connectivity index (χ3v) is 10.6. The molecule has 22 nitrogen and oxygen atoms in total. The average molecular weight is 913 g/mol. The van der Waals surface area contributed by atoms with Crippen molar-refractivity contribution in [3.63, 3.8) is 0 Å². The van der Waals surface area contributed by atoms with Crippen molar-refractivity contribution in [3.05, 3.63) is 99.5 Å². The first kappa shape index (κ1) is 46.2. The quantitative estimate of drug-likeness (QED) is 0.0544. The van der Waals surface area contributed by atoms with E-state index in [4.69, 9.17) is 37.6 Å². The standard InChI is InChI=1S/C43H44O22/c1-16-30(49)35(54)32(51)26(60-16)15-59-41-37(56)33(52)27(14-58-28(48)10-4-18-3-9-22(45)23(46)11-18)64-43(41)65-40-34(53)29-24(47)12-21(62-42-38(57)36(55)31(50)17(2)61-42)13-25(29)63-39(40)19-5-7-20(44)8-6-19/h3-13,16-17,27,30-31,35-36,38,41-47,49-52,54-57H,14-15H2,1-2H3/b10-4+/t16?,17?,27?,30-,31-,35?,36?,38?,41?,42-,43-/m0/s1. The Bertz CT molecular complexity index is 2570. The smallest absolute Gasteiger partial charge is 0.330 e. The Morgan fingerprint density at radius 2 is 1.45 bits per heavy atom. The Balaban J connectivity index is 1.25. The van der Waals surface area contributed by atoms with Crippen LogP contribution in [0.2, 0.25) is 0 Å². The zero-order valence-electron chi connectivity index (χ0n) is 34.1. The van der Waals surface area contributed by atoms with Crippen molar-refractivity contribution in [2.24, 2.45) is 0 Å². The van der Waals surface area contributed by atoms with Crippen LogP contribution >= 0.6 is 0 Å². The number of aliphatic hydroxyl groups is 8. The molecule has 1 aromatic heterocycles. The number of hydrogen-bond donors (Lipinski definition) is 12. The van der Waals surface area contributed by atoms with Crippen molar-refractivity contribution in [2.75, 3.05) is 13.2 Å². The van der Waals surface area contributed by atoms with Gasteiger partial charge in [-0.25, -0.2) is 4.79 Å². The molecule has 3 aliphatic rings. The van der Waals surface area contributed by atoms with Gasteiger partial charge in [-0.1, -0.05) is 6.07 Å². The Morgan fingerprint density at radius 3 is 2.15 bits per heavy atom. The van der Waals surface area contributed by atoms with Crippen LogP contribution < -0.4 is 14.9 Å². The van der Waals surface area contributed by atoms with E-state index in [1.54, 1.807) is 0 Å². The van der Waals surface area contributed by atoms with Gasteiger partial charge in [0.2, 0.25) is 23.8 Å². The molecule has 4 aromatic rings. The SMILES string of the molecule is CC1OC(COC2C(O)=C(O)C(COC(=O)/C=C/c3ccc(O)c(O)c3)O[C@H]2Oc2c(-c3ccc(O)cc3)oc3cc(O[C@@H]4OC(C)[C@H](O)C(O)C4O)cc(O)c3c2=O)=C(O)C(O)[C@H]1O. The predicted molar refractivity (Wildman–Crippen MR) is 218 cm³/mol. The monoisotopic (exact) mass is 912 g/mol. The van der Waals surface area contributed by atoms with E-state index in [1.807, 2.05) is 0 Å². The number of phenolic OH excluding ortho intramolecular Hbond substituents is 4. The number of aliphatic hydroxyl groups excluding tert-OH is 8. The van der Waals surface area contributed by atoms with Crippen molar-refractivity contribution in [3.8, 4) is 45.8 Å². The van der Waals surface area contributed by atoms with Gasteiger partial charge in [0.05, 0.1) is 6.10 Å². The van der Waals surface area contributed by atoms with Gasteiger partial charge in [-0.05, 0) is 61.9 Å². The molecule has 348 valence electrons.